The van der Waals surface area contributed by atoms with E-state index in [1.54, 1.807) is 0 Å². The summed E-state index contributed by atoms with van der Waals surface area (Å²) in [7, 11) is -20.1. The molecule has 1 aliphatic rings. The number of benzene rings is 18. The summed E-state index contributed by atoms with van der Waals surface area (Å²) in [5, 5.41) is 20.9. The monoisotopic (exact) mass is 1800 g/mol. The van der Waals surface area contributed by atoms with Gasteiger partial charge < -0.3 is 27.1 Å². The fourth-order valence-corrected chi connectivity index (χ4v) is 37.9. The van der Waals surface area contributed by atoms with Crippen molar-refractivity contribution in [3.05, 3.63) is 510 Å². The van der Waals surface area contributed by atoms with Crippen molar-refractivity contribution in [3.63, 3.8) is 0 Å². The van der Waals surface area contributed by atoms with E-state index < -0.39 is 70.5 Å². The number of hydrogen-bond donors (Lipinski definition) is 0. The molecule has 1 heterocycles. The van der Waals surface area contributed by atoms with Crippen molar-refractivity contribution in [2.24, 2.45) is 13.5 Å². The predicted octanol–water partition coefficient (Wildman–Crippen LogP) is 22.9. The third-order valence-corrected chi connectivity index (χ3v) is 43.5. The van der Waals surface area contributed by atoms with Crippen LogP contribution in [0.5, 0.6) is 34.5 Å². The van der Waals surface area contributed by atoms with Crippen LogP contribution >= 0.6 is 70.5 Å². The molecule has 19 rings (SSSR count). The first kappa shape index (κ1) is 83.6. The van der Waals surface area contributed by atoms with Crippen LogP contribution < -0.4 is 123 Å². The zero-order valence-corrected chi connectivity index (χ0v) is 76.4. The van der Waals surface area contributed by atoms with E-state index in [0.717, 1.165) is 31.8 Å². The second-order valence-corrected chi connectivity index (χ2v) is 48.8. The molecule has 18 aromatic rings. The maximum atomic E-state index is 7.92. The van der Waals surface area contributed by atoms with Crippen LogP contribution in [0.15, 0.2) is 523 Å². The maximum Gasteiger partial charge on any atom is 0.460 e. The minimum Gasteiger partial charge on any atom is -0.413 e. The minimum atomic E-state index is -4.58. The lowest BCUT2D eigenvalue weighted by Crippen LogP contribution is -2.20. The van der Waals surface area contributed by atoms with E-state index in [0.29, 0.717) is 34.5 Å². The lowest BCUT2D eigenvalue weighted by Gasteiger charge is -2.33. The van der Waals surface area contributed by atoms with Gasteiger partial charge in [0.05, 0.1) is 0 Å². The molecule has 0 fully saturated rings. The Hall–Kier alpha value is -12.0. The quantitative estimate of drug-likeness (QED) is 0.0417. The first-order valence-corrected chi connectivity index (χ1v) is 54.0. The Morgan fingerprint density at radius 3 is 0.294 bits per heavy atom. The molecule has 0 N–H and O–H groups in total. The van der Waals surface area contributed by atoms with Crippen LogP contribution in [0.3, 0.4) is 0 Å². The van der Waals surface area contributed by atoms with Gasteiger partial charge in [0.2, 0.25) is 0 Å². The van der Waals surface area contributed by atoms with E-state index in [1.807, 2.05) is 72.8 Å². The molecule has 612 valence electrons. The Morgan fingerprint density at radius 2 is 0.198 bits per heavy atom. The van der Waals surface area contributed by atoms with E-state index in [1.165, 1.54) is 63.7 Å². The van der Waals surface area contributed by atoms with E-state index in [9.17, 15) is 0 Å². The summed E-state index contributed by atoms with van der Waals surface area (Å²) < 4.78 is 65.5. The molecular formula is C108H84N3O6P9. The molecule has 126 heavy (non-hydrogen) atoms. The molecule has 0 aliphatic carbocycles. The molecule has 1 aliphatic heterocycles. The summed E-state index contributed by atoms with van der Waals surface area (Å²) >= 11 is 0. The maximum absolute atomic E-state index is 7.92. The molecular weight excluding hydrogens is 1710 g/mol. The predicted molar refractivity (Wildman–Crippen MR) is 543 cm³/mol. The summed E-state index contributed by atoms with van der Waals surface area (Å²) in [6.07, 6.45) is 0. The number of rotatable bonds is 30. The van der Waals surface area contributed by atoms with Crippen molar-refractivity contribution < 1.29 is 27.1 Å². The molecule has 18 heteroatoms. The van der Waals surface area contributed by atoms with Gasteiger partial charge in [0.15, 0.2) is 0 Å². The SMILES string of the molecule is c1ccc(P(c2ccccc2)c2ccc(OP3(Oc4ccc(P(c5ccccc5)c5ccccc5)cc4)=NP(Oc4ccc(P(c5ccccc5)c5ccccc5)cc4)(Oc4ccc(P(c5ccccc5)c5ccccc5)cc4)=NP(Oc4ccc(P(c5ccccc5)c5ccccc5)cc4)(Oc4ccc(P(c5ccccc5)c5ccccc5)cc4)=N3)cc2)cc1. The third-order valence-electron chi connectivity index (χ3n) is 20.8. The average Bonchev–Trinajstić information content (AvgIpc) is 0.725. The van der Waals surface area contributed by atoms with Gasteiger partial charge in [0.1, 0.15) is 34.5 Å². The van der Waals surface area contributed by atoms with Gasteiger partial charge in [-0.05, 0) is 216 Å². The van der Waals surface area contributed by atoms with Gasteiger partial charge in [-0.25, -0.2) is 0 Å². The van der Waals surface area contributed by atoms with Crippen LogP contribution in [0.2, 0.25) is 0 Å². The molecule has 0 unspecified atom stereocenters. The standard InChI is InChI=1S/C108H84N3O6P9/c1-13-37-91(38-14-1)118(92-39-15-2-16-40-92)103-73-61-85(62-74-103)112-124(113-86-63-75-104(76-64-86)119(93-41-17-3-18-42-93)94-43-19-4-20-44-94)109-125(114-87-65-77-105(78-66-87)120(95-45-21-5-22-46-95)96-47-23-6-24-48-96,115-88-67-79-106(80-68-88)121(97-49-25-7-26-50-97)98-51-27-8-28-52-98)111-126(110-124,116-89-69-81-107(82-70-89)122(99-53-29-9-30-54-99)100-55-31-10-32-56-100)117-90-71-83-108(84-72-90)123(101-57-33-11-34-58-101)102-59-35-12-36-60-102/h1-84H. The zero-order valence-electron chi connectivity index (χ0n) is 68.3. The van der Waals surface area contributed by atoms with Crippen LogP contribution in [0.1, 0.15) is 0 Å². The molecule has 0 radical (unpaired) electrons. The lowest BCUT2D eigenvalue weighted by atomic mass is 10.3. The fourth-order valence-electron chi connectivity index (χ4n) is 15.1. The fraction of sp³-hybridized carbons (Fsp3) is 0. The molecule has 9 nitrogen and oxygen atoms in total. The average molecular weight is 1800 g/mol. The molecule has 0 atom stereocenters. The first-order valence-electron chi connectivity index (χ1n) is 41.4. The Labute approximate surface area is 745 Å². The Balaban J connectivity index is 0.862. The summed E-state index contributed by atoms with van der Waals surface area (Å²) in [6, 6.07) is 178. The van der Waals surface area contributed by atoms with Crippen LogP contribution in [0, 0.1) is 0 Å². The Morgan fingerprint density at radius 1 is 0.111 bits per heavy atom. The van der Waals surface area contributed by atoms with Crippen LogP contribution in [0.4, 0.5) is 0 Å². The van der Waals surface area contributed by atoms with Crippen LogP contribution in [0.25, 0.3) is 0 Å². The van der Waals surface area contributed by atoms with E-state index in [-0.39, 0.29) is 0 Å². The number of nitrogens with zero attached hydrogens (tertiary/aromatic N) is 3. The normalized spacial score (nSPS) is 13.1. The second kappa shape index (κ2) is 39.7. The van der Waals surface area contributed by atoms with Crippen molar-refractivity contribution >= 4 is 166 Å². The van der Waals surface area contributed by atoms with Crippen molar-refractivity contribution in [2.75, 3.05) is 0 Å². The number of hydrogen-bond acceptors (Lipinski definition) is 9. The van der Waals surface area contributed by atoms with Crippen molar-refractivity contribution in [3.8, 4) is 34.5 Å². The molecule has 0 amide bonds. The van der Waals surface area contributed by atoms with Gasteiger partial charge in [-0.15, -0.1) is 0 Å². The third kappa shape index (κ3) is 19.8. The summed E-state index contributed by atoms with van der Waals surface area (Å²) in [5.74, 6) is 2.42. The lowest BCUT2D eigenvalue weighted by molar-refractivity contribution is 0.443. The summed E-state index contributed by atoms with van der Waals surface area (Å²) in [6.45, 7) is 0. The molecule has 0 saturated carbocycles. The van der Waals surface area contributed by atoms with E-state index in [2.05, 4.69) is 437 Å². The van der Waals surface area contributed by atoms with Gasteiger partial charge >= 0.3 is 23.0 Å². The Bertz CT molecular complexity index is 5450. The molecule has 0 saturated heterocycles. The highest BCUT2D eigenvalue weighted by Crippen LogP contribution is 2.79. The van der Waals surface area contributed by atoms with Gasteiger partial charge in [-0.3, -0.25) is 0 Å². The Kier molecular flexibility index (Phi) is 26.3. The van der Waals surface area contributed by atoms with Gasteiger partial charge in [0, 0.05) is 0 Å². The summed E-state index contributed by atoms with van der Waals surface area (Å²) in [4.78, 5) is 0. The van der Waals surface area contributed by atoms with E-state index >= 15 is 0 Å². The second-order valence-electron chi connectivity index (χ2n) is 29.3. The molecule has 0 spiro atoms. The molecule has 0 bridgehead atoms. The highest BCUT2D eigenvalue weighted by atomic mass is 31.3. The van der Waals surface area contributed by atoms with Crippen molar-refractivity contribution in [1.82, 2.24) is 0 Å². The smallest absolute Gasteiger partial charge is 0.413 e. The molecule has 0 aromatic heterocycles. The highest BCUT2D eigenvalue weighted by Gasteiger charge is 2.49. The zero-order chi connectivity index (χ0) is 84.6. The first-order chi connectivity index (χ1) is 62.3. The van der Waals surface area contributed by atoms with Crippen LogP contribution in [-0.4, -0.2) is 0 Å². The highest BCUT2D eigenvalue weighted by molar-refractivity contribution is 7.82. The van der Waals surface area contributed by atoms with Crippen molar-refractivity contribution in [1.29, 1.82) is 0 Å². The molecule has 18 aromatic carbocycles. The topological polar surface area (TPSA) is 92.5 Å². The van der Waals surface area contributed by atoms with Gasteiger partial charge in [-0.1, -0.05) is 450 Å². The largest absolute Gasteiger partial charge is 0.460 e. The van der Waals surface area contributed by atoms with E-state index in [4.69, 9.17) is 40.7 Å². The minimum absolute atomic E-state index is 0.403. The van der Waals surface area contributed by atoms with Crippen molar-refractivity contribution in [2.45, 2.75) is 0 Å². The summed E-state index contributed by atoms with van der Waals surface area (Å²) in [5.41, 5.74) is 0. The van der Waals surface area contributed by atoms with Gasteiger partial charge in [-0.2, -0.15) is 0 Å². The van der Waals surface area contributed by atoms with Gasteiger partial charge in [0.25, 0.3) is 0 Å². The van der Waals surface area contributed by atoms with Crippen LogP contribution in [-0.2, 0) is 0 Å².